The number of thiazole rings is 1. The first-order chi connectivity index (χ1) is 13.3. The molecule has 6 heteroatoms. The van der Waals surface area contributed by atoms with Gasteiger partial charge in [0.15, 0.2) is 0 Å². The maximum absolute atomic E-state index is 5.81. The van der Waals surface area contributed by atoms with Crippen molar-refractivity contribution < 1.29 is 4.74 Å². The van der Waals surface area contributed by atoms with Crippen molar-refractivity contribution >= 4 is 17.3 Å². The van der Waals surface area contributed by atoms with Crippen molar-refractivity contribution in [1.82, 2.24) is 15.0 Å². The summed E-state index contributed by atoms with van der Waals surface area (Å²) in [5.74, 6) is 2.25. The highest BCUT2D eigenvalue weighted by atomic mass is 32.1. The van der Waals surface area contributed by atoms with Crippen LogP contribution in [0.15, 0.2) is 48.1 Å². The van der Waals surface area contributed by atoms with Gasteiger partial charge in [0.25, 0.3) is 0 Å². The lowest BCUT2D eigenvalue weighted by Crippen LogP contribution is -2.34. The summed E-state index contributed by atoms with van der Waals surface area (Å²) in [6.07, 6.45) is 7.03. The number of ether oxygens (including phenoxy) is 1. The normalized spacial score (nSPS) is 15.1. The van der Waals surface area contributed by atoms with E-state index in [0.29, 0.717) is 12.5 Å². The zero-order valence-corrected chi connectivity index (χ0v) is 16.4. The Morgan fingerprint density at radius 1 is 1.11 bits per heavy atom. The number of piperidine rings is 1. The van der Waals surface area contributed by atoms with E-state index in [4.69, 9.17) is 9.72 Å². The van der Waals surface area contributed by atoms with E-state index >= 15 is 0 Å². The number of hydrogen-bond acceptors (Lipinski definition) is 6. The Hall–Kier alpha value is -2.47. The molecule has 2 aromatic heterocycles. The molecule has 1 fully saturated rings. The Labute approximate surface area is 164 Å². The molecule has 3 heterocycles. The van der Waals surface area contributed by atoms with Crippen LogP contribution in [-0.2, 0) is 13.0 Å². The average molecular weight is 381 g/mol. The molecule has 3 aromatic rings. The van der Waals surface area contributed by atoms with E-state index in [1.165, 1.54) is 10.6 Å². The Kier molecular flexibility index (Phi) is 5.63. The first kappa shape index (κ1) is 17.9. The molecule has 0 atom stereocenters. The molecule has 4 rings (SSSR count). The Morgan fingerprint density at radius 3 is 2.56 bits per heavy atom. The predicted octanol–water partition coefficient (Wildman–Crippen LogP) is 4.46. The largest absolute Gasteiger partial charge is 0.487 e. The maximum Gasteiger partial charge on any atom is 0.225 e. The van der Waals surface area contributed by atoms with Crippen LogP contribution in [0.2, 0.25) is 0 Å². The topological polar surface area (TPSA) is 51.1 Å². The molecule has 0 spiro atoms. The Balaban J connectivity index is 1.31. The van der Waals surface area contributed by atoms with E-state index in [1.807, 2.05) is 42.7 Å². The summed E-state index contributed by atoms with van der Waals surface area (Å²) in [5.41, 5.74) is 2.20. The molecule has 1 aliphatic heterocycles. The average Bonchev–Trinajstić information content (AvgIpc) is 3.22. The van der Waals surface area contributed by atoms with E-state index in [2.05, 4.69) is 27.2 Å². The highest BCUT2D eigenvalue weighted by Gasteiger charge is 2.24. The molecule has 0 amide bonds. The maximum atomic E-state index is 5.81. The number of para-hydroxylation sites is 1. The molecule has 0 radical (unpaired) electrons. The van der Waals surface area contributed by atoms with Crippen molar-refractivity contribution in [2.45, 2.75) is 38.7 Å². The molecule has 1 aliphatic rings. The zero-order valence-electron chi connectivity index (χ0n) is 15.5. The smallest absolute Gasteiger partial charge is 0.225 e. The van der Waals surface area contributed by atoms with Gasteiger partial charge in [-0.1, -0.05) is 25.1 Å². The highest BCUT2D eigenvalue weighted by molar-refractivity contribution is 7.09. The minimum Gasteiger partial charge on any atom is -0.487 e. The zero-order chi connectivity index (χ0) is 18.5. The molecule has 0 unspecified atom stereocenters. The Bertz CT molecular complexity index is 842. The molecular weight excluding hydrogens is 356 g/mol. The van der Waals surface area contributed by atoms with Crippen LogP contribution >= 0.6 is 11.3 Å². The summed E-state index contributed by atoms with van der Waals surface area (Å²) in [6, 6.07) is 9.89. The van der Waals surface area contributed by atoms with Gasteiger partial charge in [-0.2, -0.15) is 0 Å². The monoisotopic (exact) mass is 380 g/mol. The van der Waals surface area contributed by atoms with Gasteiger partial charge in [-0.25, -0.2) is 15.0 Å². The number of hydrogen-bond donors (Lipinski definition) is 0. The summed E-state index contributed by atoms with van der Waals surface area (Å²) < 4.78 is 5.81. The van der Waals surface area contributed by atoms with E-state index in [-0.39, 0.29) is 0 Å². The lowest BCUT2D eigenvalue weighted by molar-refractivity contribution is 0.301. The summed E-state index contributed by atoms with van der Waals surface area (Å²) in [6.45, 7) is 4.60. The van der Waals surface area contributed by atoms with Gasteiger partial charge in [0, 0.05) is 36.8 Å². The van der Waals surface area contributed by atoms with Gasteiger partial charge in [-0.05, 0) is 37.0 Å². The fourth-order valence-electron chi connectivity index (χ4n) is 3.27. The van der Waals surface area contributed by atoms with E-state index < -0.39 is 0 Å². The molecular formula is C21H24N4OS. The Morgan fingerprint density at radius 2 is 1.85 bits per heavy atom. The van der Waals surface area contributed by atoms with Gasteiger partial charge >= 0.3 is 0 Å². The number of nitrogens with zero attached hydrogens (tertiary/aromatic N) is 4. The molecule has 27 heavy (non-hydrogen) atoms. The number of aryl methyl sites for hydroxylation is 1. The fourth-order valence-corrected chi connectivity index (χ4v) is 4.25. The van der Waals surface area contributed by atoms with Crippen LogP contribution in [0, 0.1) is 0 Å². The first-order valence-electron chi connectivity index (χ1n) is 9.50. The molecule has 5 nitrogen and oxygen atoms in total. The lowest BCUT2D eigenvalue weighted by atomic mass is 9.98. The minimum atomic E-state index is 0.520. The quantitative estimate of drug-likeness (QED) is 0.632. The van der Waals surface area contributed by atoms with Crippen LogP contribution in [0.3, 0.4) is 0 Å². The van der Waals surface area contributed by atoms with Gasteiger partial charge in [-0.15, -0.1) is 11.3 Å². The number of rotatable bonds is 6. The second kappa shape index (κ2) is 8.48. The van der Waals surface area contributed by atoms with E-state index in [0.717, 1.165) is 49.7 Å². The van der Waals surface area contributed by atoms with Crippen molar-refractivity contribution in [2.24, 2.45) is 0 Å². The van der Waals surface area contributed by atoms with Crippen molar-refractivity contribution in [2.75, 3.05) is 18.0 Å². The van der Waals surface area contributed by atoms with Gasteiger partial charge in [0.1, 0.15) is 12.4 Å². The molecule has 140 valence electrons. The van der Waals surface area contributed by atoms with Crippen LogP contribution in [0.25, 0.3) is 0 Å². The summed E-state index contributed by atoms with van der Waals surface area (Å²) >= 11 is 1.75. The fraction of sp³-hybridized carbons (Fsp3) is 0.381. The number of aromatic nitrogens is 3. The summed E-state index contributed by atoms with van der Waals surface area (Å²) in [4.78, 5) is 16.1. The first-order valence-corrected chi connectivity index (χ1v) is 10.4. The van der Waals surface area contributed by atoms with Crippen LogP contribution in [0.4, 0.5) is 5.95 Å². The predicted molar refractivity (Wildman–Crippen MR) is 108 cm³/mol. The van der Waals surface area contributed by atoms with Gasteiger partial charge in [0.05, 0.1) is 10.7 Å². The number of benzene rings is 1. The third kappa shape index (κ3) is 4.45. The minimum absolute atomic E-state index is 0.520. The standard InChI is InChI=1S/C21H24N4OS/c1-2-16-12-22-21(23-13-16)25-10-8-17(9-11-25)20-24-18(15-27-20)14-26-19-6-4-3-5-7-19/h3-7,12-13,15,17H,2,8-11,14H2,1H3. The van der Waals surface area contributed by atoms with Crippen LogP contribution < -0.4 is 9.64 Å². The molecule has 1 aromatic carbocycles. The van der Waals surface area contributed by atoms with E-state index in [9.17, 15) is 0 Å². The van der Waals surface area contributed by atoms with Crippen molar-refractivity contribution in [1.29, 1.82) is 0 Å². The third-order valence-corrected chi connectivity index (χ3v) is 5.98. The van der Waals surface area contributed by atoms with Crippen LogP contribution in [0.5, 0.6) is 5.75 Å². The highest BCUT2D eigenvalue weighted by Crippen LogP contribution is 2.31. The van der Waals surface area contributed by atoms with E-state index in [1.54, 1.807) is 11.3 Å². The van der Waals surface area contributed by atoms with Gasteiger partial charge in [0.2, 0.25) is 5.95 Å². The third-order valence-electron chi connectivity index (χ3n) is 4.93. The number of anilines is 1. The molecule has 0 N–H and O–H groups in total. The SMILES string of the molecule is CCc1cnc(N2CCC(c3nc(COc4ccccc4)cs3)CC2)nc1. The van der Waals surface area contributed by atoms with Crippen molar-refractivity contribution in [3.05, 3.63) is 64.4 Å². The molecule has 0 saturated carbocycles. The lowest BCUT2D eigenvalue weighted by Gasteiger charge is -2.31. The second-order valence-electron chi connectivity index (χ2n) is 6.78. The molecule has 0 bridgehead atoms. The van der Waals surface area contributed by atoms with Gasteiger partial charge < -0.3 is 9.64 Å². The van der Waals surface area contributed by atoms with Crippen LogP contribution in [0.1, 0.15) is 41.9 Å². The molecule has 1 saturated heterocycles. The summed E-state index contributed by atoms with van der Waals surface area (Å²) in [5, 5.41) is 3.35. The van der Waals surface area contributed by atoms with Crippen LogP contribution in [-0.4, -0.2) is 28.0 Å². The molecule has 0 aliphatic carbocycles. The summed E-state index contributed by atoms with van der Waals surface area (Å²) in [7, 11) is 0. The second-order valence-corrected chi connectivity index (χ2v) is 7.67. The van der Waals surface area contributed by atoms with Crippen molar-refractivity contribution in [3.8, 4) is 5.75 Å². The van der Waals surface area contributed by atoms with Gasteiger partial charge in [-0.3, -0.25) is 0 Å². The van der Waals surface area contributed by atoms with Crippen molar-refractivity contribution in [3.63, 3.8) is 0 Å².